The van der Waals surface area contributed by atoms with Crippen molar-refractivity contribution in [3.8, 4) is 29.3 Å². The van der Waals surface area contributed by atoms with E-state index in [0.29, 0.717) is 29.9 Å². The number of likely N-dealkylation sites (tertiary alicyclic amines) is 1. The van der Waals surface area contributed by atoms with Crippen molar-refractivity contribution in [1.82, 2.24) is 39.1 Å². The van der Waals surface area contributed by atoms with E-state index in [2.05, 4.69) is 38.7 Å². The third-order valence-corrected chi connectivity index (χ3v) is 7.43. The predicted octanol–water partition coefficient (Wildman–Crippen LogP) is 3.92. The third kappa shape index (κ3) is 3.80. The lowest BCUT2D eigenvalue weighted by molar-refractivity contribution is 0.230. The first-order valence-corrected chi connectivity index (χ1v) is 12.5. The Morgan fingerprint density at radius 1 is 1.16 bits per heavy atom. The minimum atomic E-state index is -0.337. The van der Waals surface area contributed by atoms with Crippen molar-refractivity contribution >= 4 is 16.4 Å². The van der Waals surface area contributed by atoms with Gasteiger partial charge in [-0.15, -0.1) is 5.10 Å². The second-order valence-corrected chi connectivity index (χ2v) is 9.69. The zero-order valence-electron chi connectivity index (χ0n) is 21.4. The van der Waals surface area contributed by atoms with Crippen LogP contribution in [-0.4, -0.2) is 52.1 Å². The fraction of sp³-hybridized carbons (Fsp3) is 0.333. The lowest BCUT2D eigenvalue weighted by atomic mass is 10.0. The molecule has 0 spiro atoms. The number of nitrogens with zero attached hydrogens (tertiary/aromatic N) is 10. The van der Waals surface area contributed by atoms with E-state index in [0.717, 1.165) is 46.3 Å². The number of nitriles is 2. The number of fused-ring (bicyclic) bond motifs is 2. The van der Waals surface area contributed by atoms with Crippen LogP contribution in [0.4, 0.5) is 0 Å². The average Bonchev–Trinajstić information content (AvgIpc) is 3.65. The molecule has 1 saturated heterocycles. The second kappa shape index (κ2) is 9.20. The number of piperidine rings is 1. The van der Waals surface area contributed by atoms with E-state index in [1.807, 2.05) is 61.0 Å². The van der Waals surface area contributed by atoms with Crippen LogP contribution >= 0.6 is 0 Å². The predicted molar refractivity (Wildman–Crippen MR) is 139 cm³/mol. The minimum Gasteiger partial charge on any atom is -0.484 e. The molecule has 6 rings (SSSR count). The maximum atomic E-state index is 9.74. The van der Waals surface area contributed by atoms with Gasteiger partial charge in [-0.25, -0.2) is 9.20 Å². The molecular weight excluding hydrogens is 480 g/mol. The summed E-state index contributed by atoms with van der Waals surface area (Å²) in [7, 11) is 1.99. The van der Waals surface area contributed by atoms with Crippen molar-refractivity contribution in [2.75, 3.05) is 13.1 Å². The van der Waals surface area contributed by atoms with Gasteiger partial charge in [0.05, 0.1) is 29.6 Å². The minimum absolute atomic E-state index is 0.189. The summed E-state index contributed by atoms with van der Waals surface area (Å²) in [6, 6.07) is 6.38. The Kier molecular flexibility index (Phi) is 5.69. The molecule has 0 bridgehead atoms. The molecule has 1 fully saturated rings. The van der Waals surface area contributed by atoms with Crippen LogP contribution < -0.4 is 4.74 Å². The molecule has 5 aromatic heterocycles. The van der Waals surface area contributed by atoms with E-state index in [9.17, 15) is 10.5 Å². The Morgan fingerprint density at radius 2 is 1.97 bits per heavy atom. The van der Waals surface area contributed by atoms with Crippen molar-refractivity contribution in [1.29, 1.82) is 10.5 Å². The molecule has 11 nitrogen and oxygen atoms in total. The first-order valence-electron chi connectivity index (χ1n) is 12.5. The Morgan fingerprint density at radius 3 is 2.74 bits per heavy atom. The summed E-state index contributed by atoms with van der Waals surface area (Å²) in [5, 5.41) is 33.4. The zero-order valence-corrected chi connectivity index (χ0v) is 21.4. The summed E-state index contributed by atoms with van der Waals surface area (Å²) < 4.78 is 12.2. The van der Waals surface area contributed by atoms with Crippen LogP contribution in [0.15, 0.2) is 43.1 Å². The highest BCUT2D eigenvalue weighted by molar-refractivity contribution is 5.83. The molecule has 1 atom stereocenters. The molecule has 190 valence electrons. The van der Waals surface area contributed by atoms with Gasteiger partial charge in [0.1, 0.15) is 34.7 Å². The lowest BCUT2D eigenvalue weighted by Gasteiger charge is -2.28. The van der Waals surface area contributed by atoms with Gasteiger partial charge in [-0.2, -0.15) is 15.6 Å². The zero-order chi connectivity index (χ0) is 26.4. The maximum Gasteiger partial charge on any atom is 0.179 e. The van der Waals surface area contributed by atoms with E-state index in [4.69, 9.17) is 4.74 Å². The van der Waals surface area contributed by atoms with E-state index < -0.39 is 0 Å². The van der Waals surface area contributed by atoms with E-state index in [1.54, 1.807) is 15.6 Å². The third-order valence-electron chi connectivity index (χ3n) is 7.43. The largest absolute Gasteiger partial charge is 0.484 e. The van der Waals surface area contributed by atoms with E-state index >= 15 is 0 Å². The first kappa shape index (κ1) is 23.5. The number of ether oxygens (including phenoxy) is 1. The summed E-state index contributed by atoms with van der Waals surface area (Å²) in [6.45, 7) is 5.41. The summed E-state index contributed by atoms with van der Waals surface area (Å²) in [6.07, 6.45) is 12.6. The van der Waals surface area contributed by atoms with Crippen LogP contribution in [0.5, 0.6) is 5.75 Å². The van der Waals surface area contributed by atoms with Crippen molar-refractivity contribution in [2.45, 2.75) is 38.8 Å². The molecule has 0 aromatic carbocycles. The van der Waals surface area contributed by atoms with Gasteiger partial charge < -0.3 is 14.2 Å². The van der Waals surface area contributed by atoms with Gasteiger partial charge >= 0.3 is 0 Å². The molecule has 0 amide bonds. The molecule has 0 N–H and O–H groups in total. The van der Waals surface area contributed by atoms with Crippen molar-refractivity contribution in [3.63, 3.8) is 0 Å². The van der Waals surface area contributed by atoms with Crippen LogP contribution in [0.25, 0.3) is 27.7 Å². The molecule has 1 aliphatic rings. The van der Waals surface area contributed by atoms with Crippen molar-refractivity contribution in [3.05, 3.63) is 59.9 Å². The highest BCUT2D eigenvalue weighted by Crippen LogP contribution is 2.35. The van der Waals surface area contributed by atoms with Crippen LogP contribution in [0.3, 0.4) is 0 Å². The van der Waals surface area contributed by atoms with Gasteiger partial charge in [0.25, 0.3) is 0 Å². The number of rotatable bonds is 5. The van der Waals surface area contributed by atoms with Crippen LogP contribution in [-0.2, 0) is 7.05 Å². The van der Waals surface area contributed by atoms with Gasteiger partial charge in [-0.3, -0.25) is 4.98 Å². The summed E-state index contributed by atoms with van der Waals surface area (Å²) in [4.78, 5) is 6.19. The van der Waals surface area contributed by atoms with E-state index in [-0.39, 0.29) is 12.1 Å². The van der Waals surface area contributed by atoms with Gasteiger partial charge in [-0.05, 0) is 38.8 Å². The number of aromatic nitrogens is 7. The number of aryl methyl sites for hydroxylation is 1. The molecule has 6 heterocycles. The Bertz CT molecular complexity index is 1740. The molecule has 5 aromatic rings. The lowest BCUT2D eigenvalue weighted by Crippen LogP contribution is -2.31. The quantitative estimate of drug-likeness (QED) is 0.328. The monoisotopic (exact) mass is 506 g/mol. The Hall–Kier alpha value is -4.90. The second-order valence-electron chi connectivity index (χ2n) is 9.69. The molecule has 11 heteroatoms. The molecular formula is C27H26N10O. The molecule has 38 heavy (non-hydrogen) atoms. The highest BCUT2D eigenvalue weighted by Gasteiger charge is 2.25. The Labute approximate surface area is 219 Å². The fourth-order valence-electron chi connectivity index (χ4n) is 5.33. The summed E-state index contributed by atoms with van der Waals surface area (Å²) in [5.74, 6) is 0.535. The smallest absolute Gasteiger partial charge is 0.179 e. The Balaban J connectivity index is 1.39. The fourth-order valence-corrected chi connectivity index (χ4v) is 5.33. The summed E-state index contributed by atoms with van der Waals surface area (Å²) >= 11 is 0. The van der Waals surface area contributed by atoms with Crippen LogP contribution in [0.1, 0.15) is 48.7 Å². The molecule has 0 saturated carbocycles. The normalized spacial score (nSPS) is 15.0. The van der Waals surface area contributed by atoms with Gasteiger partial charge in [0.15, 0.2) is 6.19 Å². The highest BCUT2D eigenvalue weighted by atomic mass is 16.5. The maximum absolute atomic E-state index is 9.74. The molecule has 1 unspecified atom stereocenters. The number of hydrogen-bond acceptors (Lipinski definition) is 8. The van der Waals surface area contributed by atoms with Crippen molar-refractivity contribution < 1.29 is 4.74 Å². The van der Waals surface area contributed by atoms with Crippen LogP contribution in [0, 0.1) is 29.7 Å². The number of pyridine rings is 2. The SMILES string of the molecule is Cc1c(-c2cc(OC(C)c3cncc4c3ccn4C)c3c(C#N)cnn3c2)nnn1C1CCN(C#N)CC1. The molecule has 0 aliphatic carbocycles. The average molecular weight is 507 g/mol. The molecule has 0 radical (unpaired) electrons. The topological polar surface area (TPSA) is 126 Å². The van der Waals surface area contributed by atoms with Crippen molar-refractivity contribution in [2.24, 2.45) is 7.05 Å². The van der Waals surface area contributed by atoms with E-state index in [1.165, 1.54) is 0 Å². The van der Waals surface area contributed by atoms with Gasteiger partial charge in [-0.1, -0.05) is 5.21 Å². The summed E-state index contributed by atoms with van der Waals surface area (Å²) in [5.41, 5.74) is 5.46. The molecule has 1 aliphatic heterocycles. The van der Waals surface area contributed by atoms with Crippen LogP contribution in [0.2, 0.25) is 0 Å². The van der Waals surface area contributed by atoms with Gasteiger partial charge in [0.2, 0.25) is 0 Å². The standard InChI is InChI=1S/C27H26N10O/c1-17-26(32-33-37(17)21-4-8-35(16-29)9-5-21)19-10-25(27-20(11-28)12-31-36(27)15-19)38-18(2)23-13-30-14-24-22(23)6-7-34(24)3/h6-7,10,12-15,18,21H,4-5,8-9H2,1-3H3. The number of hydrogen-bond donors (Lipinski definition) is 0. The first-order chi connectivity index (χ1) is 18.5. The van der Waals surface area contributed by atoms with Gasteiger partial charge in [0, 0.05) is 55.2 Å².